The summed E-state index contributed by atoms with van der Waals surface area (Å²) < 4.78 is 4.17. The lowest BCUT2D eigenvalue weighted by atomic mass is 9.80. The number of fused-ring (bicyclic) bond motifs is 4. The van der Waals surface area contributed by atoms with Gasteiger partial charge in [-0.25, -0.2) is 15.6 Å². The van der Waals surface area contributed by atoms with E-state index in [1.54, 1.807) is 0 Å². The van der Waals surface area contributed by atoms with Gasteiger partial charge in [0.25, 0.3) is 0 Å². The van der Waals surface area contributed by atoms with Crippen molar-refractivity contribution in [3.8, 4) is 11.4 Å². The Bertz CT molecular complexity index is 1110. The molecule has 0 radical (unpaired) electrons. The van der Waals surface area contributed by atoms with E-state index < -0.39 is 0 Å². The molecule has 0 spiro atoms. The third-order valence-electron chi connectivity index (χ3n) is 4.92. The van der Waals surface area contributed by atoms with E-state index in [9.17, 15) is 5.11 Å². The van der Waals surface area contributed by atoms with Crippen LogP contribution in [0.1, 0.15) is 52.7 Å². The van der Waals surface area contributed by atoms with Crippen LogP contribution >= 0.6 is 0 Å². The van der Waals surface area contributed by atoms with Gasteiger partial charge in [0.1, 0.15) is 22.5 Å². The lowest BCUT2D eigenvalue weighted by Gasteiger charge is -2.26. The largest absolute Gasteiger partial charge is 0.505 e. The maximum absolute atomic E-state index is 11.0. The second-order valence-corrected chi connectivity index (χ2v) is 9.12. The highest BCUT2D eigenvalue weighted by atomic mass is 16.3. The van der Waals surface area contributed by atoms with Crippen molar-refractivity contribution in [2.75, 3.05) is 0 Å². The highest BCUT2D eigenvalue weighted by Crippen LogP contribution is 2.41. The molecule has 0 aliphatic rings. The predicted molar refractivity (Wildman–Crippen MR) is 111 cm³/mol. The monoisotopic (exact) mass is 386 g/mol. The molecule has 0 bridgehead atoms. The topological polar surface area (TPSA) is 113 Å². The molecule has 3 aromatic heterocycles. The number of phenols is 1. The molecule has 0 amide bonds. The van der Waals surface area contributed by atoms with E-state index in [0.29, 0.717) is 5.75 Å². The zero-order valence-corrected chi connectivity index (χ0v) is 17.3. The zero-order valence-electron chi connectivity index (χ0n) is 17.3. The molecule has 152 valence electrons. The van der Waals surface area contributed by atoms with Crippen molar-refractivity contribution in [3.63, 3.8) is 0 Å². The van der Waals surface area contributed by atoms with E-state index in [1.165, 1.54) is 16.6 Å². The Labute approximate surface area is 163 Å². The van der Waals surface area contributed by atoms with Crippen LogP contribution in [0.4, 0.5) is 0 Å². The summed E-state index contributed by atoms with van der Waals surface area (Å²) >= 11 is 0. The molecule has 0 fully saturated rings. The van der Waals surface area contributed by atoms with Gasteiger partial charge >= 0.3 is 0 Å². The van der Waals surface area contributed by atoms with Crippen LogP contribution in [0, 0.1) is 0 Å². The number of nitrogens with zero attached hydrogens (tertiary/aromatic N) is 3. The van der Waals surface area contributed by atoms with Gasteiger partial charge in [-0.15, -0.1) is 14.1 Å². The van der Waals surface area contributed by atoms with Crippen LogP contribution < -0.4 is 0 Å². The Morgan fingerprint density at radius 1 is 0.786 bits per heavy atom. The molecule has 0 atom stereocenters. The summed E-state index contributed by atoms with van der Waals surface area (Å²) in [4.78, 5) is 2.05. The number of aromatic nitrogens is 6. The van der Waals surface area contributed by atoms with Gasteiger partial charge in [-0.05, 0) is 34.6 Å². The normalized spacial score (nSPS) is 12.5. The molecule has 0 aliphatic carbocycles. The molecule has 0 saturated heterocycles. The number of aromatic amines is 3. The summed E-state index contributed by atoms with van der Waals surface area (Å²) in [7, 11) is 0. The lowest BCUT2D eigenvalue weighted by molar-refractivity contribution is 0.441. The quantitative estimate of drug-likeness (QED) is 0.347. The van der Waals surface area contributed by atoms with Gasteiger partial charge in [0, 0.05) is 5.56 Å². The Balaban J connectivity index is 0.000000515. The first-order valence-corrected chi connectivity index (χ1v) is 9.23. The lowest BCUT2D eigenvalue weighted by Crippen LogP contribution is -2.17. The summed E-state index contributed by atoms with van der Waals surface area (Å²) in [6.07, 6.45) is 0. The van der Waals surface area contributed by atoms with Crippen LogP contribution in [0.5, 0.6) is 5.75 Å². The SMILES string of the molecule is CC(C)(C)c1cc(-n2n3c4ccccc4n23)c(O)c(C(C)(C)C)c1.O.[nH]1[nH][nH]1. The van der Waals surface area contributed by atoms with Gasteiger partial charge in [0.2, 0.25) is 0 Å². The van der Waals surface area contributed by atoms with Crippen LogP contribution in [0.15, 0.2) is 36.4 Å². The molecule has 0 aliphatic heterocycles. The molecular weight excluding hydrogens is 356 g/mol. The van der Waals surface area contributed by atoms with Crippen molar-refractivity contribution < 1.29 is 10.6 Å². The average molecular weight is 387 g/mol. The maximum atomic E-state index is 11.0. The molecule has 5 rings (SSSR count). The molecule has 0 unspecified atom stereocenters. The molecule has 5 aromatic rings. The van der Waals surface area contributed by atoms with Crippen molar-refractivity contribution in [2.45, 2.75) is 52.4 Å². The van der Waals surface area contributed by atoms with Gasteiger partial charge in [-0.2, -0.15) is 0 Å². The van der Waals surface area contributed by atoms with Gasteiger partial charge in [0.15, 0.2) is 0 Å². The Kier molecular flexibility index (Phi) is 4.42. The van der Waals surface area contributed by atoms with E-state index in [4.69, 9.17) is 0 Å². The summed E-state index contributed by atoms with van der Waals surface area (Å²) in [5.41, 5.74) is 5.33. The number of H-pyrrole nitrogens is 3. The van der Waals surface area contributed by atoms with E-state index in [1.807, 2.05) is 16.9 Å². The van der Waals surface area contributed by atoms with E-state index in [-0.39, 0.29) is 16.3 Å². The van der Waals surface area contributed by atoms with Crippen molar-refractivity contribution in [3.05, 3.63) is 47.5 Å². The van der Waals surface area contributed by atoms with Crippen molar-refractivity contribution >= 4 is 11.0 Å². The number of hydrogen-bond acceptors (Lipinski definition) is 1. The molecule has 28 heavy (non-hydrogen) atoms. The number of rotatable bonds is 1. The van der Waals surface area contributed by atoms with Crippen LogP contribution in [0.2, 0.25) is 0 Å². The fourth-order valence-electron chi connectivity index (χ4n) is 3.27. The number of aromatic hydroxyl groups is 1. The first-order chi connectivity index (χ1) is 12.6. The van der Waals surface area contributed by atoms with Crippen LogP contribution in [-0.4, -0.2) is 40.3 Å². The third kappa shape index (κ3) is 3.20. The number of benzene rings is 2. The predicted octanol–water partition coefficient (Wildman–Crippen LogP) is 3.57. The van der Waals surface area contributed by atoms with Crippen LogP contribution in [0.25, 0.3) is 16.7 Å². The molecule has 3 heterocycles. The van der Waals surface area contributed by atoms with Gasteiger partial charge in [-0.3, -0.25) is 0 Å². The second-order valence-electron chi connectivity index (χ2n) is 9.12. The Morgan fingerprint density at radius 2 is 1.29 bits per heavy atom. The fourth-order valence-corrected chi connectivity index (χ4v) is 3.27. The van der Waals surface area contributed by atoms with Crippen LogP contribution in [0.3, 0.4) is 0 Å². The highest BCUT2D eigenvalue weighted by Gasteiger charge is 2.30. The van der Waals surface area contributed by atoms with E-state index >= 15 is 0 Å². The smallest absolute Gasteiger partial charge is 0.146 e. The summed E-state index contributed by atoms with van der Waals surface area (Å²) in [5, 5.41) is 18.5. The number of hydrogen-bond donors (Lipinski definition) is 4. The maximum Gasteiger partial charge on any atom is 0.146 e. The first kappa shape index (κ1) is 19.8. The molecule has 6 N–H and O–H groups in total. The number of phenolic OH excluding ortho intramolecular Hbond substituents is 1. The molecule has 8 nitrogen and oxygen atoms in total. The van der Waals surface area contributed by atoms with E-state index in [0.717, 1.165) is 11.3 Å². The third-order valence-corrected chi connectivity index (χ3v) is 4.92. The highest BCUT2D eigenvalue weighted by molar-refractivity contribution is 5.79. The second kappa shape index (κ2) is 6.27. The van der Waals surface area contributed by atoms with Gasteiger partial charge in [0.05, 0.1) is 0 Å². The Hall–Kier alpha value is -3.00. The zero-order chi connectivity index (χ0) is 19.6. The summed E-state index contributed by atoms with van der Waals surface area (Å²) in [6, 6.07) is 12.5. The van der Waals surface area contributed by atoms with Crippen molar-refractivity contribution in [2.24, 2.45) is 0 Å². The molecule has 8 heteroatoms. The Morgan fingerprint density at radius 3 is 1.68 bits per heavy atom. The van der Waals surface area contributed by atoms with Gasteiger partial charge < -0.3 is 10.6 Å². The van der Waals surface area contributed by atoms with Crippen LogP contribution in [-0.2, 0) is 10.8 Å². The minimum Gasteiger partial charge on any atom is -0.505 e. The standard InChI is InChI=1S/C20H25N3O.H3N3.H2O/c1-19(2,3)13-11-14(20(4,5)6)18(24)17(12-13)23-21-15-9-7-8-10-16(15)22(21)23;1-2-3-1;/h7-12,24H,1-6H3;1-3H;1H2. The fraction of sp³-hybridized carbons (Fsp3) is 0.400. The minimum atomic E-state index is -0.118. The van der Waals surface area contributed by atoms with Gasteiger partial charge in [-0.1, -0.05) is 59.7 Å². The molecule has 0 saturated carbocycles. The molecular formula is C20H30N6O2. The summed E-state index contributed by atoms with van der Waals surface area (Å²) in [6.45, 7) is 13.1. The molecule has 2 aromatic carbocycles. The minimum absolute atomic E-state index is 0. The van der Waals surface area contributed by atoms with Crippen molar-refractivity contribution in [1.82, 2.24) is 29.7 Å². The first-order valence-electron chi connectivity index (χ1n) is 9.23. The number of para-hydroxylation sites is 2. The van der Waals surface area contributed by atoms with Crippen molar-refractivity contribution in [1.29, 1.82) is 0 Å². The van der Waals surface area contributed by atoms with E-state index in [2.05, 4.69) is 90.7 Å². The average Bonchev–Trinajstić information content (AvgIpc) is 3.44. The number of nitrogens with one attached hydrogen (secondary N) is 3. The summed E-state index contributed by atoms with van der Waals surface area (Å²) in [5.74, 6) is 0.371.